The summed E-state index contributed by atoms with van der Waals surface area (Å²) in [5.74, 6) is -0.834. The summed E-state index contributed by atoms with van der Waals surface area (Å²) in [6.45, 7) is 6.60. The lowest BCUT2D eigenvalue weighted by Gasteiger charge is -2.18. The van der Waals surface area contributed by atoms with Gasteiger partial charge in [0, 0.05) is 19.3 Å². The average Bonchev–Trinajstić information content (AvgIpc) is 3.45. The van der Waals surface area contributed by atoms with Gasteiger partial charge in [-0.05, 0) is 57.8 Å². The van der Waals surface area contributed by atoms with Gasteiger partial charge in [-0.2, -0.15) is 0 Å². The van der Waals surface area contributed by atoms with E-state index >= 15 is 0 Å². The third-order valence-electron chi connectivity index (χ3n) is 15.8. The van der Waals surface area contributed by atoms with Crippen LogP contribution in [-0.2, 0) is 28.6 Å². The lowest BCUT2D eigenvalue weighted by Crippen LogP contribution is -2.30. The van der Waals surface area contributed by atoms with E-state index in [0.717, 1.165) is 83.5 Å². The van der Waals surface area contributed by atoms with Crippen LogP contribution in [0, 0.1) is 0 Å². The second kappa shape index (κ2) is 67.9. The number of hydrogen-bond acceptors (Lipinski definition) is 6. The van der Waals surface area contributed by atoms with Gasteiger partial charge in [-0.15, -0.1) is 0 Å². The van der Waals surface area contributed by atoms with Crippen LogP contribution < -0.4 is 0 Å². The van der Waals surface area contributed by atoms with Crippen LogP contribution in [0.25, 0.3) is 0 Å². The molecular weight excluding hydrogens is 973 g/mol. The minimum Gasteiger partial charge on any atom is -0.462 e. The molecule has 0 saturated heterocycles. The second-order valence-electron chi connectivity index (χ2n) is 23.8. The first-order valence-electron chi connectivity index (χ1n) is 35.1. The molecule has 6 nitrogen and oxygen atoms in total. The Labute approximate surface area is 492 Å². The lowest BCUT2D eigenvalue weighted by molar-refractivity contribution is -0.167. The van der Waals surface area contributed by atoms with E-state index in [1.54, 1.807) is 0 Å². The van der Waals surface area contributed by atoms with Crippen LogP contribution in [-0.4, -0.2) is 37.2 Å². The van der Waals surface area contributed by atoms with Crippen LogP contribution in [0.5, 0.6) is 0 Å². The van der Waals surface area contributed by atoms with Crippen LogP contribution in [0.15, 0.2) is 48.6 Å². The van der Waals surface area contributed by atoms with Crippen molar-refractivity contribution in [2.75, 3.05) is 13.2 Å². The Kier molecular flexibility index (Phi) is 65.6. The molecule has 1 atom stereocenters. The Morgan fingerprint density at radius 2 is 0.494 bits per heavy atom. The van der Waals surface area contributed by atoms with E-state index in [9.17, 15) is 14.4 Å². The topological polar surface area (TPSA) is 78.9 Å². The van der Waals surface area contributed by atoms with Gasteiger partial charge in [0.25, 0.3) is 0 Å². The molecule has 0 aromatic carbocycles. The zero-order chi connectivity index (χ0) is 57.1. The quantitative estimate of drug-likeness (QED) is 0.0261. The van der Waals surface area contributed by atoms with Gasteiger partial charge in [-0.25, -0.2) is 0 Å². The average molecular weight is 1110 g/mol. The highest BCUT2D eigenvalue weighted by Crippen LogP contribution is 2.19. The minimum atomic E-state index is -0.768. The number of carbonyl (C=O) groups is 3. The van der Waals surface area contributed by atoms with E-state index in [0.29, 0.717) is 19.3 Å². The molecule has 0 aliphatic carbocycles. The molecule has 0 heterocycles. The van der Waals surface area contributed by atoms with Crippen molar-refractivity contribution in [3.8, 4) is 0 Å². The van der Waals surface area contributed by atoms with Gasteiger partial charge >= 0.3 is 17.9 Å². The Bertz CT molecular complexity index is 1360. The second-order valence-corrected chi connectivity index (χ2v) is 23.8. The Morgan fingerprint density at radius 3 is 0.772 bits per heavy atom. The maximum Gasteiger partial charge on any atom is 0.306 e. The fraction of sp³-hybridized carbons (Fsp3) is 0.849. The zero-order valence-corrected chi connectivity index (χ0v) is 53.2. The van der Waals surface area contributed by atoms with Crippen molar-refractivity contribution in [3.05, 3.63) is 48.6 Å². The summed E-state index contributed by atoms with van der Waals surface area (Å²) in [4.78, 5) is 38.4. The number of carbonyl (C=O) groups excluding carboxylic acids is 3. The van der Waals surface area contributed by atoms with E-state index < -0.39 is 6.10 Å². The van der Waals surface area contributed by atoms with Gasteiger partial charge < -0.3 is 14.2 Å². The number of hydrogen-bond donors (Lipinski definition) is 0. The van der Waals surface area contributed by atoms with Gasteiger partial charge in [0.15, 0.2) is 6.10 Å². The molecule has 0 radical (unpaired) electrons. The SMILES string of the molecule is CC/C=C\C/C=C\C/C=C\C/C=C\CCCCCCCCCCCCCCCCCCC(=O)OCC(COC(=O)CCCCCCCCCCCCCCCCC)OC(=O)CCCCCCCCCCCCCCCCCCC. The molecule has 0 spiro atoms. The van der Waals surface area contributed by atoms with Crippen molar-refractivity contribution < 1.29 is 28.6 Å². The van der Waals surface area contributed by atoms with Crippen LogP contribution in [0.3, 0.4) is 0 Å². The molecular formula is C73H134O6. The predicted molar refractivity (Wildman–Crippen MR) is 344 cm³/mol. The van der Waals surface area contributed by atoms with Crippen LogP contribution in [0.1, 0.15) is 380 Å². The van der Waals surface area contributed by atoms with Crippen molar-refractivity contribution in [1.29, 1.82) is 0 Å². The van der Waals surface area contributed by atoms with E-state index in [1.807, 2.05) is 0 Å². The third kappa shape index (κ3) is 66.1. The summed E-state index contributed by atoms with van der Waals surface area (Å²) in [6.07, 6.45) is 85.6. The summed E-state index contributed by atoms with van der Waals surface area (Å²) in [5, 5.41) is 0. The normalized spacial score (nSPS) is 12.3. The molecule has 462 valence electrons. The summed E-state index contributed by atoms with van der Waals surface area (Å²) < 4.78 is 17.0. The van der Waals surface area contributed by atoms with Gasteiger partial charge in [0.05, 0.1) is 0 Å². The predicted octanol–water partition coefficient (Wildman–Crippen LogP) is 24.1. The third-order valence-corrected chi connectivity index (χ3v) is 15.8. The molecule has 0 aromatic rings. The standard InChI is InChI=1S/C73H134O6/c1-4-7-10-13-16-19-22-25-28-30-31-32-33-34-35-36-37-38-39-40-41-43-45-48-51-54-57-60-63-66-72(75)78-69-70(68-77-71(74)65-62-59-56-53-50-47-44-27-24-21-18-15-12-9-6-3)79-73(76)67-64-61-58-55-52-49-46-42-29-26-23-20-17-14-11-8-5-2/h7,10,16,19,25,28,31-32,70H,4-6,8-9,11-15,17-18,20-24,26-27,29-30,33-69H2,1-3H3/b10-7-,19-16-,28-25-,32-31-. The number of unbranched alkanes of at least 4 members (excludes halogenated alkanes) is 46. The highest BCUT2D eigenvalue weighted by Gasteiger charge is 2.19. The molecule has 0 N–H and O–H groups in total. The molecule has 0 amide bonds. The molecule has 0 fully saturated rings. The molecule has 0 saturated carbocycles. The minimum absolute atomic E-state index is 0.0652. The van der Waals surface area contributed by atoms with Crippen LogP contribution in [0.2, 0.25) is 0 Å². The number of allylic oxidation sites excluding steroid dienone is 8. The largest absolute Gasteiger partial charge is 0.462 e. The Hall–Kier alpha value is -2.63. The first-order chi connectivity index (χ1) is 39.0. The molecule has 0 aromatic heterocycles. The van der Waals surface area contributed by atoms with Crippen molar-refractivity contribution in [2.45, 2.75) is 386 Å². The van der Waals surface area contributed by atoms with Crippen molar-refractivity contribution in [2.24, 2.45) is 0 Å². The first kappa shape index (κ1) is 76.4. The summed E-state index contributed by atoms with van der Waals surface area (Å²) in [7, 11) is 0. The van der Waals surface area contributed by atoms with E-state index in [1.165, 1.54) is 257 Å². The molecule has 0 aliphatic heterocycles. The fourth-order valence-electron chi connectivity index (χ4n) is 10.6. The van der Waals surface area contributed by atoms with Crippen molar-refractivity contribution in [1.82, 2.24) is 0 Å². The highest BCUT2D eigenvalue weighted by atomic mass is 16.6. The van der Waals surface area contributed by atoms with Crippen molar-refractivity contribution >= 4 is 17.9 Å². The Morgan fingerprint density at radius 1 is 0.266 bits per heavy atom. The maximum absolute atomic E-state index is 12.9. The van der Waals surface area contributed by atoms with E-state index in [4.69, 9.17) is 14.2 Å². The fourth-order valence-corrected chi connectivity index (χ4v) is 10.6. The first-order valence-corrected chi connectivity index (χ1v) is 35.1. The van der Waals surface area contributed by atoms with Gasteiger partial charge in [-0.1, -0.05) is 352 Å². The summed E-state index contributed by atoms with van der Waals surface area (Å²) >= 11 is 0. The van der Waals surface area contributed by atoms with Crippen LogP contribution >= 0.6 is 0 Å². The highest BCUT2D eigenvalue weighted by molar-refractivity contribution is 5.71. The van der Waals surface area contributed by atoms with E-state index in [-0.39, 0.29) is 31.1 Å². The molecule has 79 heavy (non-hydrogen) atoms. The maximum atomic E-state index is 12.9. The molecule has 0 aliphatic rings. The number of esters is 3. The number of rotatable bonds is 65. The monoisotopic (exact) mass is 1110 g/mol. The lowest BCUT2D eigenvalue weighted by atomic mass is 10.0. The van der Waals surface area contributed by atoms with Gasteiger partial charge in [-0.3, -0.25) is 14.4 Å². The van der Waals surface area contributed by atoms with Gasteiger partial charge in [0.2, 0.25) is 0 Å². The molecule has 6 heteroatoms. The van der Waals surface area contributed by atoms with Gasteiger partial charge in [0.1, 0.15) is 13.2 Å². The summed E-state index contributed by atoms with van der Waals surface area (Å²) in [6, 6.07) is 0. The van der Waals surface area contributed by atoms with Crippen LogP contribution in [0.4, 0.5) is 0 Å². The molecule has 0 bridgehead atoms. The molecule has 1 unspecified atom stereocenters. The Balaban J connectivity index is 4.20. The number of ether oxygens (including phenoxy) is 3. The summed E-state index contributed by atoms with van der Waals surface area (Å²) in [5.41, 5.74) is 0. The smallest absolute Gasteiger partial charge is 0.306 e. The van der Waals surface area contributed by atoms with E-state index in [2.05, 4.69) is 69.4 Å². The molecule has 0 rings (SSSR count). The van der Waals surface area contributed by atoms with Crippen molar-refractivity contribution in [3.63, 3.8) is 0 Å². The zero-order valence-electron chi connectivity index (χ0n) is 53.2.